The molecule has 0 spiro atoms. The van der Waals surface area contributed by atoms with Crippen molar-refractivity contribution in [2.24, 2.45) is 5.92 Å². The van der Waals surface area contributed by atoms with Gasteiger partial charge in [-0.15, -0.1) is 0 Å². The van der Waals surface area contributed by atoms with Crippen molar-refractivity contribution in [3.05, 3.63) is 24.3 Å². The van der Waals surface area contributed by atoms with E-state index in [4.69, 9.17) is 15.2 Å². The maximum atomic E-state index is 12.0. The average Bonchev–Trinajstić information content (AvgIpc) is 2.48. The smallest absolute Gasteiger partial charge is 0.410 e. The summed E-state index contributed by atoms with van der Waals surface area (Å²) in [6.07, 6.45) is 2.76. The van der Waals surface area contributed by atoms with Crippen molar-refractivity contribution in [2.45, 2.75) is 45.6 Å². The van der Waals surface area contributed by atoms with E-state index in [0.29, 0.717) is 18.2 Å². The summed E-state index contributed by atoms with van der Waals surface area (Å²) in [5.74, 6) is 1.33. The number of likely N-dealkylation sites (tertiary alicyclic amines) is 1. The summed E-state index contributed by atoms with van der Waals surface area (Å²) in [6.45, 7) is 7.85. The number of carbonyl (C=O) groups excluding carboxylic acids is 1. The van der Waals surface area contributed by atoms with Gasteiger partial charge in [0, 0.05) is 13.1 Å². The molecule has 5 nitrogen and oxygen atoms in total. The first-order chi connectivity index (χ1) is 10.8. The van der Waals surface area contributed by atoms with Gasteiger partial charge >= 0.3 is 6.09 Å². The number of nitrogens with zero attached hydrogens (tertiary/aromatic N) is 1. The van der Waals surface area contributed by atoms with Crippen LogP contribution in [-0.2, 0) is 4.74 Å². The first kappa shape index (κ1) is 17.4. The largest absolute Gasteiger partial charge is 0.491 e. The highest BCUT2D eigenvalue weighted by atomic mass is 16.6. The summed E-state index contributed by atoms with van der Waals surface area (Å²) >= 11 is 0. The lowest BCUT2D eigenvalue weighted by atomic mass is 9.94. The van der Waals surface area contributed by atoms with Crippen LogP contribution in [0, 0.1) is 5.92 Å². The highest BCUT2D eigenvalue weighted by Gasteiger charge is 2.26. The molecule has 0 aliphatic carbocycles. The zero-order valence-electron chi connectivity index (χ0n) is 14.4. The van der Waals surface area contributed by atoms with Gasteiger partial charge in [-0.3, -0.25) is 0 Å². The van der Waals surface area contributed by atoms with Crippen LogP contribution in [-0.4, -0.2) is 36.3 Å². The second-order valence-electron chi connectivity index (χ2n) is 7.09. The lowest BCUT2D eigenvalue weighted by molar-refractivity contribution is 0.0177. The van der Waals surface area contributed by atoms with Crippen molar-refractivity contribution in [3.63, 3.8) is 0 Å². The van der Waals surface area contributed by atoms with Gasteiger partial charge in [-0.05, 0) is 58.1 Å². The summed E-state index contributed by atoms with van der Waals surface area (Å²) in [7, 11) is 0. The third kappa shape index (κ3) is 5.66. The number of para-hydroxylation sites is 2. The van der Waals surface area contributed by atoms with Gasteiger partial charge in [-0.1, -0.05) is 12.1 Å². The monoisotopic (exact) mass is 320 g/mol. The van der Waals surface area contributed by atoms with Gasteiger partial charge in [-0.25, -0.2) is 4.79 Å². The van der Waals surface area contributed by atoms with Gasteiger partial charge in [-0.2, -0.15) is 0 Å². The van der Waals surface area contributed by atoms with E-state index in [0.717, 1.165) is 38.1 Å². The Morgan fingerprint density at radius 3 is 2.52 bits per heavy atom. The molecule has 0 unspecified atom stereocenters. The molecule has 0 radical (unpaired) electrons. The van der Waals surface area contributed by atoms with Crippen LogP contribution in [0.2, 0.25) is 0 Å². The fraction of sp³-hybridized carbons (Fsp3) is 0.611. The van der Waals surface area contributed by atoms with Gasteiger partial charge in [0.2, 0.25) is 0 Å². The quantitative estimate of drug-likeness (QED) is 0.859. The van der Waals surface area contributed by atoms with Gasteiger partial charge in [0.15, 0.2) is 0 Å². The molecule has 1 amide bonds. The van der Waals surface area contributed by atoms with Crippen molar-refractivity contribution in [2.75, 3.05) is 25.4 Å². The van der Waals surface area contributed by atoms with E-state index in [-0.39, 0.29) is 6.09 Å². The molecule has 0 bridgehead atoms. The van der Waals surface area contributed by atoms with E-state index in [9.17, 15) is 4.79 Å². The Balaban J connectivity index is 1.69. The molecule has 1 fully saturated rings. The van der Waals surface area contributed by atoms with Crippen LogP contribution < -0.4 is 10.5 Å². The minimum atomic E-state index is -0.433. The number of nitrogens with two attached hydrogens (primary N) is 1. The minimum absolute atomic E-state index is 0.204. The summed E-state index contributed by atoms with van der Waals surface area (Å²) in [5.41, 5.74) is 6.10. The molecule has 2 rings (SSSR count). The Kier molecular flexibility index (Phi) is 5.74. The van der Waals surface area contributed by atoms with Gasteiger partial charge in [0.25, 0.3) is 0 Å². The number of rotatable bonds is 4. The molecular weight excluding hydrogens is 292 g/mol. The second-order valence-corrected chi connectivity index (χ2v) is 7.09. The lowest BCUT2D eigenvalue weighted by Gasteiger charge is -2.33. The van der Waals surface area contributed by atoms with Gasteiger partial charge in [0.05, 0.1) is 12.3 Å². The van der Waals surface area contributed by atoms with Crippen LogP contribution in [0.1, 0.15) is 40.0 Å². The van der Waals surface area contributed by atoms with Crippen molar-refractivity contribution >= 4 is 11.8 Å². The number of piperidine rings is 1. The number of hydrogen-bond donors (Lipinski definition) is 1. The first-order valence-electron chi connectivity index (χ1n) is 8.30. The van der Waals surface area contributed by atoms with E-state index in [1.165, 1.54) is 0 Å². The zero-order valence-corrected chi connectivity index (χ0v) is 14.4. The van der Waals surface area contributed by atoms with Crippen molar-refractivity contribution < 1.29 is 14.3 Å². The Morgan fingerprint density at radius 1 is 1.26 bits per heavy atom. The molecule has 1 saturated heterocycles. The molecule has 1 aliphatic heterocycles. The second kappa shape index (κ2) is 7.57. The number of benzene rings is 1. The molecule has 1 aromatic rings. The Morgan fingerprint density at radius 2 is 1.91 bits per heavy atom. The van der Waals surface area contributed by atoms with Crippen molar-refractivity contribution in [1.29, 1.82) is 0 Å². The van der Waals surface area contributed by atoms with Crippen LogP contribution in [0.5, 0.6) is 5.75 Å². The third-order valence-corrected chi connectivity index (χ3v) is 3.97. The Bertz CT molecular complexity index is 517. The first-order valence-corrected chi connectivity index (χ1v) is 8.30. The Hall–Kier alpha value is -1.91. The third-order valence-electron chi connectivity index (χ3n) is 3.97. The lowest BCUT2D eigenvalue weighted by Crippen LogP contribution is -2.41. The molecule has 2 N–H and O–H groups in total. The number of anilines is 1. The van der Waals surface area contributed by atoms with Crippen LogP contribution in [0.3, 0.4) is 0 Å². The highest BCUT2D eigenvalue weighted by molar-refractivity contribution is 5.68. The van der Waals surface area contributed by atoms with Crippen molar-refractivity contribution in [1.82, 2.24) is 4.90 Å². The van der Waals surface area contributed by atoms with Crippen LogP contribution in [0.25, 0.3) is 0 Å². The van der Waals surface area contributed by atoms with E-state index in [1.807, 2.05) is 45.0 Å². The fourth-order valence-electron chi connectivity index (χ4n) is 2.68. The average molecular weight is 320 g/mol. The fourth-order valence-corrected chi connectivity index (χ4v) is 2.68. The zero-order chi connectivity index (χ0) is 16.9. The number of nitrogen functional groups attached to an aromatic ring is 1. The predicted octanol–water partition coefficient (Wildman–Crippen LogP) is 3.68. The molecule has 0 atom stereocenters. The standard InChI is InChI=1S/C18H28N2O3/c1-18(2,3)23-17(21)20-11-8-14(9-12-20)10-13-22-16-7-5-4-6-15(16)19/h4-7,14H,8-13,19H2,1-3H3. The molecule has 1 aliphatic rings. The highest BCUT2D eigenvalue weighted by Crippen LogP contribution is 2.24. The van der Waals surface area contributed by atoms with E-state index in [1.54, 1.807) is 4.90 Å². The Labute approximate surface area is 138 Å². The molecule has 1 heterocycles. The summed E-state index contributed by atoms with van der Waals surface area (Å²) in [4.78, 5) is 13.8. The minimum Gasteiger partial charge on any atom is -0.491 e. The van der Waals surface area contributed by atoms with Gasteiger partial charge in [0.1, 0.15) is 11.4 Å². The van der Waals surface area contributed by atoms with Crippen molar-refractivity contribution in [3.8, 4) is 5.75 Å². The molecule has 5 heteroatoms. The predicted molar refractivity (Wildman–Crippen MR) is 91.5 cm³/mol. The topological polar surface area (TPSA) is 64.8 Å². The summed E-state index contributed by atoms with van der Waals surface area (Å²) in [5, 5.41) is 0. The van der Waals surface area contributed by atoms with E-state index >= 15 is 0 Å². The van der Waals surface area contributed by atoms with Crippen LogP contribution in [0.4, 0.5) is 10.5 Å². The van der Waals surface area contributed by atoms with Crippen LogP contribution >= 0.6 is 0 Å². The molecule has 0 saturated carbocycles. The van der Waals surface area contributed by atoms with Crippen LogP contribution in [0.15, 0.2) is 24.3 Å². The summed E-state index contributed by atoms with van der Waals surface area (Å²) < 4.78 is 11.2. The summed E-state index contributed by atoms with van der Waals surface area (Å²) in [6, 6.07) is 7.55. The number of carbonyl (C=O) groups is 1. The maximum Gasteiger partial charge on any atom is 0.410 e. The SMILES string of the molecule is CC(C)(C)OC(=O)N1CCC(CCOc2ccccc2N)CC1. The molecule has 128 valence electrons. The molecular formula is C18H28N2O3. The normalized spacial score (nSPS) is 16.2. The molecule has 1 aromatic carbocycles. The number of amides is 1. The van der Waals surface area contributed by atoms with E-state index in [2.05, 4.69) is 0 Å². The number of ether oxygens (including phenoxy) is 2. The number of hydrogen-bond acceptors (Lipinski definition) is 4. The maximum absolute atomic E-state index is 12.0. The van der Waals surface area contributed by atoms with E-state index < -0.39 is 5.60 Å². The van der Waals surface area contributed by atoms with Gasteiger partial charge < -0.3 is 20.1 Å². The molecule has 23 heavy (non-hydrogen) atoms. The molecule has 0 aromatic heterocycles.